The van der Waals surface area contributed by atoms with Crippen LogP contribution >= 0.6 is 0 Å². The number of carbonyl (C=O) groups is 1. The van der Waals surface area contributed by atoms with E-state index in [0.29, 0.717) is 41.7 Å². The highest BCUT2D eigenvalue weighted by atomic mass is 16.5. The fourth-order valence-corrected chi connectivity index (χ4v) is 7.00. The monoisotopic (exact) mass is 551 g/mol. The van der Waals surface area contributed by atoms with E-state index in [9.17, 15) is 14.7 Å². The maximum atomic E-state index is 13.8. The fraction of sp³-hybridized carbons (Fsp3) is 0.371. The van der Waals surface area contributed by atoms with E-state index in [-0.39, 0.29) is 30.1 Å². The summed E-state index contributed by atoms with van der Waals surface area (Å²) in [5, 5.41) is 12.3. The van der Waals surface area contributed by atoms with Crippen molar-refractivity contribution in [2.45, 2.75) is 64.0 Å². The number of hydrogen-bond acceptors (Lipinski definition) is 5. The zero-order valence-electron chi connectivity index (χ0n) is 23.8. The highest BCUT2D eigenvalue weighted by molar-refractivity contribution is 5.89. The lowest BCUT2D eigenvalue weighted by molar-refractivity contribution is -0.157. The van der Waals surface area contributed by atoms with E-state index in [1.165, 1.54) is 0 Å². The Morgan fingerprint density at radius 1 is 1.02 bits per heavy atom. The molecule has 1 saturated carbocycles. The van der Waals surface area contributed by atoms with Crippen LogP contribution in [0.25, 0.3) is 11.0 Å². The molecule has 0 unspecified atom stereocenters. The van der Waals surface area contributed by atoms with Crippen molar-refractivity contribution in [3.63, 3.8) is 0 Å². The molecule has 0 bridgehead atoms. The number of aryl methyl sites for hydroxylation is 2. The number of hydrogen-bond donors (Lipinski definition) is 1. The number of rotatable bonds is 6. The topological polar surface area (TPSA) is 80.0 Å². The van der Waals surface area contributed by atoms with Gasteiger partial charge in [0, 0.05) is 24.4 Å². The smallest absolute Gasteiger partial charge is 0.340 e. The molecule has 2 heterocycles. The first-order valence-corrected chi connectivity index (χ1v) is 14.6. The summed E-state index contributed by atoms with van der Waals surface area (Å²) < 4.78 is 12.0. The normalized spacial score (nSPS) is 22.4. The van der Waals surface area contributed by atoms with Crippen LogP contribution in [0, 0.1) is 19.8 Å². The van der Waals surface area contributed by atoms with Crippen molar-refractivity contribution in [2.24, 2.45) is 5.92 Å². The van der Waals surface area contributed by atoms with Gasteiger partial charge >= 0.3 is 5.63 Å². The second-order valence-corrected chi connectivity index (χ2v) is 11.7. The molecule has 0 spiro atoms. The molecule has 4 aromatic rings. The standard InChI is InChI=1S/C35H37NO5/c1-23-19-29(32-24(2)27(34(38)41-30(32)20-23)21-25-11-5-3-6-12-25)40-22-31(37)36-18-17-35(39)16-10-9-15-28(35)33(36)26-13-7-4-8-14-26/h3-8,11-14,19-20,28,33,39H,9-10,15-18,21-22H2,1-2H3/t28-,33-,35-/m0/s1. The van der Waals surface area contributed by atoms with Crippen molar-refractivity contribution in [1.82, 2.24) is 4.90 Å². The number of fused-ring (bicyclic) bond motifs is 2. The van der Waals surface area contributed by atoms with Crippen molar-refractivity contribution in [3.05, 3.63) is 111 Å². The molecule has 1 amide bonds. The summed E-state index contributed by atoms with van der Waals surface area (Å²) in [6.45, 7) is 4.18. The average molecular weight is 552 g/mol. The van der Waals surface area contributed by atoms with Gasteiger partial charge < -0.3 is 19.2 Å². The minimum absolute atomic E-state index is 0.00628. The molecule has 212 valence electrons. The molecule has 3 atom stereocenters. The van der Waals surface area contributed by atoms with Crippen LogP contribution in [-0.4, -0.2) is 34.7 Å². The van der Waals surface area contributed by atoms with Crippen LogP contribution in [0.4, 0.5) is 0 Å². The first kappa shape index (κ1) is 27.3. The van der Waals surface area contributed by atoms with Crippen molar-refractivity contribution in [3.8, 4) is 5.75 Å². The van der Waals surface area contributed by atoms with Crippen LogP contribution in [0.1, 0.15) is 66.0 Å². The number of carbonyl (C=O) groups excluding carboxylic acids is 1. The molecule has 2 aliphatic rings. The number of benzene rings is 3. The molecule has 1 N–H and O–H groups in total. The molecule has 6 nitrogen and oxygen atoms in total. The Morgan fingerprint density at radius 3 is 2.51 bits per heavy atom. The number of nitrogens with zero attached hydrogens (tertiary/aromatic N) is 1. The zero-order chi connectivity index (χ0) is 28.6. The van der Waals surface area contributed by atoms with E-state index in [4.69, 9.17) is 9.15 Å². The van der Waals surface area contributed by atoms with Crippen LogP contribution in [0.15, 0.2) is 82.0 Å². The third kappa shape index (κ3) is 5.29. The first-order valence-electron chi connectivity index (χ1n) is 14.6. The second kappa shape index (κ2) is 11.2. The third-order valence-corrected chi connectivity index (χ3v) is 9.09. The number of aliphatic hydroxyl groups is 1. The summed E-state index contributed by atoms with van der Waals surface area (Å²) in [4.78, 5) is 28.7. The molecule has 0 radical (unpaired) electrons. The summed E-state index contributed by atoms with van der Waals surface area (Å²) in [7, 11) is 0. The van der Waals surface area contributed by atoms with E-state index >= 15 is 0 Å². The minimum atomic E-state index is -0.743. The lowest BCUT2D eigenvalue weighted by Gasteiger charge is -2.52. The lowest BCUT2D eigenvalue weighted by atomic mass is 9.66. The molecule has 1 aromatic heterocycles. The van der Waals surface area contributed by atoms with Gasteiger partial charge in [0.1, 0.15) is 11.3 Å². The molecule has 3 aromatic carbocycles. The molecule has 6 heteroatoms. The van der Waals surface area contributed by atoms with Gasteiger partial charge in [-0.25, -0.2) is 4.79 Å². The molecule has 41 heavy (non-hydrogen) atoms. The highest BCUT2D eigenvalue weighted by Gasteiger charge is 2.50. The van der Waals surface area contributed by atoms with Crippen molar-refractivity contribution < 1.29 is 19.1 Å². The first-order chi connectivity index (χ1) is 19.8. The van der Waals surface area contributed by atoms with Crippen LogP contribution in [0.5, 0.6) is 5.75 Å². The summed E-state index contributed by atoms with van der Waals surface area (Å²) in [6, 6.07) is 23.5. The fourth-order valence-electron chi connectivity index (χ4n) is 7.00. The van der Waals surface area contributed by atoms with Gasteiger partial charge in [-0.2, -0.15) is 0 Å². The van der Waals surface area contributed by atoms with Gasteiger partial charge in [0.2, 0.25) is 0 Å². The van der Waals surface area contributed by atoms with Crippen molar-refractivity contribution in [1.29, 1.82) is 0 Å². The van der Waals surface area contributed by atoms with E-state index in [1.54, 1.807) is 0 Å². The second-order valence-electron chi connectivity index (χ2n) is 11.7. The SMILES string of the molecule is Cc1cc(OCC(=O)N2CC[C@@]3(O)CCCC[C@H]3[C@@H]2c2ccccc2)c2c(C)c(Cc3ccccc3)c(=O)oc2c1. The van der Waals surface area contributed by atoms with Gasteiger partial charge in [-0.05, 0) is 67.5 Å². The quantitative estimate of drug-likeness (QED) is 0.286. The number of amides is 1. The van der Waals surface area contributed by atoms with Crippen molar-refractivity contribution >= 4 is 16.9 Å². The Balaban J connectivity index is 1.31. The van der Waals surface area contributed by atoms with E-state index in [0.717, 1.165) is 47.9 Å². The molecular formula is C35H37NO5. The predicted octanol–water partition coefficient (Wildman–Crippen LogP) is 6.27. The van der Waals surface area contributed by atoms with Gasteiger partial charge in [0.25, 0.3) is 5.91 Å². The molecule has 1 saturated heterocycles. The maximum absolute atomic E-state index is 13.8. The summed E-state index contributed by atoms with van der Waals surface area (Å²) in [5.41, 5.74) is 3.69. The molecule has 2 fully saturated rings. The largest absolute Gasteiger partial charge is 0.483 e. The van der Waals surface area contributed by atoms with Crippen LogP contribution in [0.2, 0.25) is 0 Å². The van der Waals surface area contributed by atoms with Gasteiger partial charge in [-0.15, -0.1) is 0 Å². The zero-order valence-corrected chi connectivity index (χ0v) is 23.8. The Hall–Kier alpha value is -3.90. The third-order valence-electron chi connectivity index (χ3n) is 9.09. The Labute approximate surface area is 240 Å². The minimum Gasteiger partial charge on any atom is -0.483 e. The average Bonchev–Trinajstić information content (AvgIpc) is 2.97. The molecule has 6 rings (SSSR count). The molecule has 1 aliphatic carbocycles. The number of piperidine rings is 1. The summed E-state index contributed by atoms with van der Waals surface area (Å²) in [5.74, 6) is 0.417. The van der Waals surface area contributed by atoms with E-state index < -0.39 is 5.60 Å². The van der Waals surface area contributed by atoms with Crippen LogP contribution < -0.4 is 10.4 Å². The van der Waals surface area contributed by atoms with Crippen LogP contribution in [-0.2, 0) is 11.2 Å². The van der Waals surface area contributed by atoms with Gasteiger partial charge in [0.05, 0.1) is 17.0 Å². The Kier molecular flexibility index (Phi) is 7.43. The van der Waals surface area contributed by atoms with Crippen molar-refractivity contribution in [2.75, 3.05) is 13.2 Å². The number of likely N-dealkylation sites (tertiary alicyclic amines) is 1. The lowest BCUT2D eigenvalue weighted by Crippen LogP contribution is -2.56. The van der Waals surface area contributed by atoms with Gasteiger partial charge in [0.15, 0.2) is 6.61 Å². The number of ether oxygens (including phenoxy) is 1. The van der Waals surface area contributed by atoms with E-state index in [1.807, 2.05) is 79.4 Å². The van der Waals surface area contributed by atoms with Crippen LogP contribution in [0.3, 0.4) is 0 Å². The Bertz CT molecular complexity index is 1610. The van der Waals surface area contributed by atoms with Gasteiger partial charge in [-0.3, -0.25) is 4.79 Å². The Morgan fingerprint density at radius 2 is 1.76 bits per heavy atom. The summed E-state index contributed by atoms with van der Waals surface area (Å²) >= 11 is 0. The maximum Gasteiger partial charge on any atom is 0.340 e. The molecule has 1 aliphatic heterocycles. The van der Waals surface area contributed by atoms with Gasteiger partial charge in [-0.1, -0.05) is 73.5 Å². The molecular weight excluding hydrogens is 514 g/mol. The highest BCUT2D eigenvalue weighted by Crippen LogP contribution is 2.49. The van der Waals surface area contributed by atoms with E-state index in [2.05, 4.69) is 12.1 Å². The predicted molar refractivity (Wildman–Crippen MR) is 159 cm³/mol. The summed E-state index contributed by atoms with van der Waals surface area (Å²) in [6.07, 6.45) is 4.78.